The Hall–Kier alpha value is -1.97. The number of likely N-dealkylation sites (N-methyl/N-ethyl adjacent to an activating group) is 1. The second kappa shape index (κ2) is 16.9. The summed E-state index contributed by atoms with van der Waals surface area (Å²) in [6, 6.07) is 12.1. The molecule has 0 atom stereocenters. The minimum atomic E-state index is 0.187. The van der Waals surface area contributed by atoms with E-state index in [4.69, 9.17) is 5.73 Å². The summed E-state index contributed by atoms with van der Waals surface area (Å²) in [5, 5.41) is 5.32. The summed E-state index contributed by atoms with van der Waals surface area (Å²) in [6.45, 7) is 15.4. The molecule has 0 bridgehead atoms. The van der Waals surface area contributed by atoms with E-state index in [0.29, 0.717) is 0 Å². The molecule has 3 nitrogen and oxygen atoms in total. The van der Waals surface area contributed by atoms with Crippen LogP contribution in [0.4, 0.5) is 0 Å². The number of ketones is 1. The predicted molar refractivity (Wildman–Crippen MR) is 131 cm³/mol. The molecule has 0 amide bonds. The van der Waals surface area contributed by atoms with E-state index in [-0.39, 0.29) is 5.78 Å². The fourth-order valence-electron chi connectivity index (χ4n) is 2.65. The second-order valence-electron chi connectivity index (χ2n) is 6.95. The number of hydrogen-bond acceptors (Lipinski definition) is 3. The molecule has 0 saturated carbocycles. The van der Waals surface area contributed by atoms with Gasteiger partial charge in [0.2, 0.25) is 0 Å². The van der Waals surface area contributed by atoms with Gasteiger partial charge in [0.25, 0.3) is 0 Å². The Kier molecular flexibility index (Phi) is 15.8. The number of nitrogens with one attached hydrogen (secondary N) is 1. The molecule has 0 spiro atoms. The van der Waals surface area contributed by atoms with Crippen LogP contribution in [-0.4, -0.2) is 25.4 Å². The van der Waals surface area contributed by atoms with Crippen molar-refractivity contribution in [3.8, 4) is 0 Å². The van der Waals surface area contributed by atoms with Crippen molar-refractivity contribution in [3.05, 3.63) is 53.1 Å². The molecule has 0 aromatic heterocycles. The third-order valence-corrected chi connectivity index (χ3v) is 4.25. The fraction of sp³-hybridized carbons (Fsp3) is 0.500. The van der Waals surface area contributed by atoms with Crippen LogP contribution in [0.5, 0.6) is 0 Å². The lowest BCUT2D eigenvalue weighted by Gasteiger charge is -2.15. The maximum atomic E-state index is 12.2. The highest BCUT2D eigenvalue weighted by Gasteiger charge is 2.19. The summed E-state index contributed by atoms with van der Waals surface area (Å²) < 4.78 is 0. The van der Waals surface area contributed by atoms with Crippen LogP contribution in [0.2, 0.25) is 0 Å². The summed E-state index contributed by atoms with van der Waals surface area (Å²) in [5.41, 5.74) is 8.09. The van der Waals surface area contributed by atoms with Crippen molar-refractivity contribution in [2.45, 2.75) is 67.2 Å². The van der Waals surface area contributed by atoms with E-state index in [1.165, 1.54) is 24.8 Å². The van der Waals surface area contributed by atoms with Crippen molar-refractivity contribution < 1.29 is 4.79 Å². The van der Waals surface area contributed by atoms with Crippen LogP contribution in [0.25, 0.3) is 16.8 Å². The van der Waals surface area contributed by atoms with E-state index in [2.05, 4.69) is 58.1 Å². The van der Waals surface area contributed by atoms with Crippen molar-refractivity contribution in [1.29, 1.82) is 0 Å². The van der Waals surface area contributed by atoms with Crippen molar-refractivity contribution in [3.63, 3.8) is 0 Å². The Morgan fingerprint density at radius 3 is 1.93 bits per heavy atom. The van der Waals surface area contributed by atoms with Crippen LogP contribution in [0, 0.1) is 0 Å². The van der Waals surface area contributed by atoms with Gasteiger partial charge in [0.05, 0.1) is 0 Å². The summed E-state index contributed by atoms with van der Waals surface area (Å²) in [6.07, 6.45) is 6.71. The van der Waals surface area contributed by atoms with Crippen molar-refractivity contribution in [2.75, 3.05) is 19.6 Å². The predicted octanol–water partition coefficient (Wildman–Crippen LogP) is 6.61. The molecule has 0 saturated heterocycles. The molecule has 3 heteroatoms. The molecule has 162 valence electrons. The van der Waals surface area contributed by atoms with Crippen LogP contribution < -0.4 is 11.1 Å². The highest BCUT2D eigenvalue weighted by Crippen LogP contribution is 2.31. The zero-order valence-electron chi connectivity index (χ0n) is 19.5. The molecule has 0 heterocycles. The molecule has 29 heavy (non-hydrogen) atoms. The third-order valence-electron chi connectivity index (χ3n) is 4.25. The number of Topliss-reactive ketones (excluding diaryl/α,β-unsaturated/α-hetero) is 1. The van der Waals surface area contributed by atoms with Crippen molar-refractivity contribution >= 4 is 22.6 Å². The summed E-state index contributed by atoms with van der Waals surface area (Å²) in [4.78, 5) is 12.2. The molecule has 0 fully saturated rings. The molecule has 0 radical (unpaired) electrons. The quantitative estimate of drug-likeness (QED) is 0.557. The first-order valence-corrected chi connectivity index (χ1v) is 11.2. The van der Waals surface area contributed by atoms with Gasteiger partial charge in [-0.3, -0.25) is 4.79 Å². The maximum Gasteiger partial charge on any atom is 0.189 e. The van der Waals surface area contributed by atoms with Gasteiger partial charge in [0.15, 0.2) is 5.78 Å². The Morgan fingerprint density at radius 1 is 0.897 bits per heavy atom. The van der Waals surface area contributed by atoms with Gasteiger partial charge >= 0.3 is 0 Å². The Labute approximate surface area is 178 Å². The number of carbonyl (C=O) groups excluding carboxylic acids is 1. The monoisotopic (exact) mass is 398 g/mol. The Morgan fingerprint density at radius 2 is 1.48 bits per heavy atom. The fourth-order valence-corrected chi connectivity index (χ4v) is 2.65. The van der Waals surface area contributed by atoms with E-state index in [1.807, 2.05) is 31.2 Å². The van der Waals surface area contributed by atoms with Crippen LogP contribution in [0.1, 0.15) is 83.1 Å². The molecule has 0 unspecified atom stereocenters. The Bertz CT molecular complexity index is 723. The normalized spacial score (nSPS) is 11.3. The first-order valence-electron chi connectivity index (χ1n) is 11.2. The molecule has 1 aliphatic rings. The number of allylic oxidation sites excluding steroid dienone is 1. The standard InChI is InChI=1S/C15H12O.C4H12N2.C4H10.C3H8/c1-2-10-9-12-7-3-5-11-6-4-8-13(14(11)12)15(10)16;1-2-6-4-3-5;1-3-4-2;1-3-2/h3-9H,2H2,1H3;6H,2-5H2,1H3;3-4H2,1-2H3;3H2,1-2H3. The van der Waals surface area contributed by atoms with Gasteiger partial charge in [-0.25, -0.2) is 0 Å². The van der Waals surface area contributed by atoms with Gasteiger partial charge in [-0.2, -0.15) is 0 Å². The number of unbranched alkanes of at least 4 members (excludes halogenated alkanes) is 1. The van der Waals surface area contributed by atoms with Gasteiger partial charge in [-0.05, 0) is 30.0 Å². The Balaban J connectivity index is 0.000000504. The van der Waals surface area contributed by atoms with E-state index in [0.717, 1.165) is 48.0 Å². The molecular weight excluding hydrogens is 356 g/mol. The van der Waals surface area contributed by atoms with E-state index < -0.39 is 0 Å². The van der Waals surface area contributed by atoms with Gasteiger partial charge in [0.1, 0.15) is 0 Å². The van der Waals surface area contributed by atoms with Crippen molar-refractivity contribution in [1.82, 2.24) is 5.32 Å². The first kappa shape index (κ1) is 27.0. The van der Waals surface area contributed by atoms with E-state index in [9.17, 15) is 4.79 Å². The average molecular weight is 399 g/mol. The molecule has 2 aromatic rings. The first-order chi connectivity index (χ1) is 14.1. The molecule has 3 N–H and O–H groups in total. The minimum Gasteiger partial charge on any atom is -0.329 e. The lowest BCUT2D eigenvalue weighted by Crippen LogP contribution is -2.21. The number of hydrogen-bond donors (Lipinski definition) is 2. The van der Waals surface area contributed by atoms with E-state index in [1.54, 1.807) is 0 Å². The van der Waals surface area contributed by atoms with Gasteiger partial charge in [0, 0.05) is 29.6 Å². The number of rotatable bonds is 5. The highest BCUT2D eigenvalue weighted by molar-refractivity contribution is 6.22. The lowest BCUT2D eigenvalue weighted by atomic mass is 9.87. The second-order valence-corrected chi connectivity index (χ2v) is 6.95. The summed E-state index contributed by atoms with van der Waals surface area (Å²) >= 11 is 0. The largest absolute Gasteiger partial charge is 0.329 e. The third kappa shape index (κ3) is 9.38. The van der Waals surface area contributed by atoms with Crippen LogP contribution in [-0.2, 0) is 0 Å². The van der Waals surface area contributed by atoms with Gasteiger partial charge < -0.3 is 11.1 Å². The van der Waals surface area contributed by atoms with Gasteiger partial charge in [-0.15, -0.1) is 0 Å². The van der Waals surface area contributed by atoms with E-state index >= 15 is 0 Å². The molecule has 1 aliphatic carbocycles. The smallest absolute Gasteiger partial charge is 0.189 e. The highest BCUT2D eigenvalue weighted by atomic mass is 16.1. The minimum absolute atomic E-state index is 0.187. The zero-order chi connectivity index (χ0) is 22.1. The summed E-state index contributed by atoms with van der Waals surface area (Å²) in [7, 11) is 0. The SMILES string of the molecule is CCC.CCC1=Cc2cccc3cccc(c23)C1=O.CCCC.CCNCCN. The molecule has 0 aliphatic heterocycles. The van der Waals surface area contributed by atoms with Crippen LogP contribution >= 0.6 is 0 Å². The van der Waals surface area contributed by atoms with Crippen LogP contribution in [0.15, 0.2) is 42.0 Å². The zero-order valence-corrected chi connectivity index (χ0v) is 19.5. The van der Waals surface area contributed by atoms with Crippen molar-refractivity contribution in [2.24, 2.45) is 5.73 Å². The lowest BCUT2D eigenvalue weighted by molar-refractivity contribution is 0.103. The average Bonchev–Trinajstić information content (AvgIpc) is 2.76. The molecule has 2 aromatic carbocycles. The van der Waals surface area contributed by atoms with Crippen LogP contribution in [0.3, 0.4) is 0 Å². The topological polar surface area (TPSA) is 55.1 Å². The number of nitrogens with two attached hydrogens (primary N) is 1. The van der Waals surface area contributed by atoms with Gasteiger partial charge in [-0.1, -0.05) is 97.2 Å². The number of carbonyl (C=O) groups is 1. The molecule has 3 rings (SSSR count). The molecular formula is C26H42N2O. The summed E-state index contributed by atoms with van der Waals surface area (Å²) in [5.74, 6) is 0.187. The number of benzene rings is 2. The maximum absolute atomic E-state index is 12.2.